The number of nitrogens with one attached hydrogen (secondary N) is 1. The van der Waals surface area contributed by atoms with Gasteiger partial charge in [0, 0.05) is 17.0 Å². The van der Waals surface area contributed by atoms with Crippen LogP contribution in [0.2, 0.25) is 0 Å². The fourth-order valence-electron chi connectivity index (χ4n) is 3.03. The van der Waals surface area contributed by atoms with Crippen molar-refractivity contribution in [2.45, 2.75) is 32.1 Å². The molecule has 23 heavy (non-hydrogen) atoms. The Morgan fingerprint density at radius 2 is 1.87 bits per heavy atom. The first-order valence-corrected chi connectivity index (χ1v) is 8.64. The lowest BCUT2D eigenvalue weighted by Gasteiger charge is -2.08. The van der Waals surface area contributed by atoms with E-state index in [2.05, 4.69) is 5.32 Å². The van der Waals surface area contributed by atoms with Crippen LogP contribution >= 0.6 is 11.3 Å². The number of hydrogen-bond acceptors (Lipinski definition) is 5. The summed E-state index contributed by atoms with van der Waals surface area (Å²) in [5, 5.41) is 2.89. The maximum absolute atomic E-state index is 12.5. The normalized spacial score (nSPS) is 15.8. The molecule has 0 radical (unpaired) electrons. The molecule has 1 amide bonds. The number of aryl methyl sites for hydroxylation is 2. The summed E-state index contributed by atoms with van der Waals surface area (Å²) in [7, 11) is 0. The van der Waals surface area contributed by atoms with Crippen LogP contribution in [0.4, 0.5) is 11.4 Å². The van der Waals surface area contributed by atoms with Crippen LogP contribution in [0.3, 0.4) is 0 Å². The topological polar surface area (TPSA) is 73.6 Å². The molecule has 0 atom stereocenters. The third kappa shape index (κ3) is 2.74. The zero-order chi connectivity index (χ0) is 15.8. The molecule has 0 unspecified atom stereocenters. The molecule has 5 nitrogen and oxygen atoms in total. The molecule has 0 bridgehead atoms. The molecule has 2 heterocycles. The van der Waals surface area contributed by atoms with Gasteiger partial charge in [0.05, 0.1) is 16.3 Å². The number of ether oxygens (including phenoxy) is 2. The van der Waals surface area contributed by atoms with Crippen molar-refractivity contribution in [2.24, 2.45) is 0 Å². The number of nitrogens with two attached hydrogens (primary N) is 1. The van der Waals surface area contributed by atoms with Crippen molar-refractivity contribution in [3.05, 3.63) is 33.5 Å². The van der Waals surface area contributed by atoms with E-state index in [-0.39, 0.29) is 12.7 Å². The predicted molar refractivity (Wildman–Crippen MR) is 90.5 cm³/mol. The van der Waals surface area contributed by atoms with Crippen molar-refractivity contribution in [1.29, 1.82) is 0 Å². The molecule has 0 spiro atoms. The van der Waals surface area contributed by atoms with Gasteiger partial charge < -0.3 is 20.5 Å². The van der Waals surface area contributed by atoms with Gasteiger partial charge in [-0.1, -0.05) is 6.42 Å². The third-order valence-electron chi connectivity index (χ3n) is 4.26. The standard InChI is InChI=1S/C17H18N2O3S/c18-11-7-13-14(22-9-21-13)8-12(11)19-17(20)16-6-10-4-2-1-3-5-15(10)23-16/h6-8H,1-5,9,18H2,(H,19,20). The highest BCUT2D eigenvalue weighted by molar-refractivity contribution is 7.14. The van der Waals surface area contributed by atoms with E-state index in [4.69, 9.17) is 15.2 Å². The highest BCUT2D eigenvalue weighted by atomic mass is 32.1. The second-order valence-electron chi connectivity index (χ2n) is 5.87. The maximum atomic E-state index is 12.5. The molecule has 3 N–H and O–H groups in total. The largest absolute Gasteiger partial charge is 0.454 e. The minimum Gasteiger partial charge on any atom is -0.454 e. The van der Waals surface area contributed by atoms with Crippen LogP contribution in [-0.4, -0.2) is 12.7 Å². The van der Waals surface area contributed by atoms with E-state index in [1.165, 1.54) is 29.7 Å². The number of carbonyl (C=O) groups excluding carboxylic acids is 1. The molecule has 1 aromatic carbocycles. The zero-order valence-electron chi connectivity index (χ0n) is 12.7. The average Bonchev–Trinajstić information content (AvgIpc) is 3.09. The molecule has 0 saturated carbocycles. The van der Waals surface area contributed by atoms with E-state index in [1.54, 1.807) is 23.5 Å². The summed E-state index contributed by atoms with van der Waals surface area (Å²) >= 11 is 1.60. The van der Waals surface area contributed by atoms with Crippen LogP contribution in [0.25, 0.3) is 0 Å². The molecule has 1 aliphatic heterocycles. The Balaban J connectivity index is 1.56. The number of fused-ring (bicyclic) bond motifs is 2. The van der Waals surface area contributed by atoms with E-state index in [9.17, 15) is 4.79 Å². The molecule has 6 heteroatoms. The van der Waals surface area contributed by atoms with Crippen LogP contribution < -0.4 is 20.5 Å². The molecular formula is C17H18N2O3S. The summed E-state index contributed by atoms with van der Waals surface area (Å²) in [4.78, 5) is 14.6. The maximum Gasteiger partial charge on any atom is 0.265 e. The van der Waals surface area contributed by atoms with Crippen molar-refractivity contribution in [3.63, 3.8) is 0 Å². The van der Waals surface area contributed by atoms with E-state index in [0.717, 1.165) is 17.7 Å². The minimum absolute atomic E-state index is 0.117. The van der Waals surface area contributed by atoms with Gasteiger partial charge in [-0.3, -0.25) is 4.79 Å². The SMILES string of the molecule is Nc1cc2c(cc1NC(=O)c1cc3c(s1)CCCCC3)OCO2. The first-order valence-electron chi connectivity index (χ1n) is 7.83. The molecule has 1 aromatic heterocycles. The Morgan fingerprint density at radius 3 is 2.74 bits per heavy atom. The van der Waals surface area contributed by atoms with Crippen molar-refractivity contribution < 1.29 is 14.3 Å². The summed E-state index contributed by atoms with van der Waals surface area (Å²) in [6.45, 7) is 0.184. The van der Waals surface area contributed by atoms with Crippen molar-refractivity contribution in [3.8, 4) is 11.5 Å². The van der Waals surface area contributed by atoms with Gasteiger partial charge in [-0.15, -0.1) is 11.3 Å². The van der Waals surface area contributed by atoms with E-state index < -0.39 is 0 Å². The monoisotopic (exact) mass is 330 g/mol. The van der Waals surface area contributed by atoms with Gasteiger partial charge in [-0.25, -0.2) is 0 Å². The Kier molecular flexibility index (Phi) is 3.61. The number of nitrogen functional groups attached to an aromatic ring is 1. The number of rotatable bonds is 2. The summed E-state index contributed by atoms with van der Waals surface area (Å²) in [5.74, 6) is 1.11. The van der Waals surface area contributed by atoms with Gasteiger partial charge in [-0.05, 0) is 37.3 Å². The molecule has 2 aliphatic rings. The third-order valence-corrected chi connectivity index (χ3v) is 5.50. The molecule has 2 aromatic rings. The highest BCUT2D eigenvalue weighted by Gasteiger charge is 2.20. The summed E-state index contributed by atoms with van der Waals surface area (Å²) < 4.78 is 10.6. The predicted octanol–water partition coefficient (Wildman–Crippen LogP) is 3.58. The lowest BCUT2D eigenvalue weighted by molar-refractivity contribution is 0.103. The Labute approximate surface area is 138 Å². The molecule has 1 aliphatic carbocycles. The quantitative estimate of drug-likeness (QED) is 0.652. The summed E-state index contributed by atoms with van der Waals surface area (Å²) in [6, 6.07) is 5.43. The van der Waals surface area contributed by atoms with E-state index in [1.807, 2.05) is 6.07 Å². The number of thiophene rings is 1. The molecular weight excluding hydrogens is 312 g/mol. The highest BCUT2D eigenvalue weighted by Crippen LogP contribution is 2.38. The van der Waals surface area contributed by atoms with E-state index >= 15 is 0 Å². The first-order chi connectivity index (χ1) is 11.2. The molecule has 0 fully saturated rings. The van der Waals surface area contributed by atoms with Crippen LogP contribution in [-0.2, 0) is 12.8 Å². The fraction of sp³-hybridized carbons (Fsp3) is 0.353. The second-order valence-corrected chi connectivity index (χ2v) is 7.00. The van der Waals surface area contributed by atoms with Crippen LogP contribution in [0, 0.1) is 0 Å². The van der Waals surface area contributed by atoms with Crippen LogP contribution in [0.1, 0.15) is 39.4 Å². The number of amides is 1. The second kappa shape index (κ2) is 5.77. The van der Waals surface area contributed by atoms with Crippen molar-refractivity contribution in [1.82, 2.24) is 0 Å². The van der Waals surface area contributed by atoms with Gasteiger partial charge in [-0.2, -0.15) is 0 Å². The molecule has 4 rings (SSSR count). The Hall–Kier alpha value is -2.21. The van der Waals surface area contributed by atoms with Crippen LogP contribution in [0.5, 0.6) is 11.5 Å². The zero-order valence-corrected chi connectivity index (χ0v) is 13.5. The smallest absolute Gasteiger partial charge is 0.265 e. The number of benzene rings is 1. The summed E-state index contributed by atoms with van der Waals surface area (Å²) in [6.07, 6.45) is 5.85. The summed E-state index contributed by atoms with van der Waals surface area (Å²) in [5.41, 5.74) is 8.35. The van der Waals surface area contributed by atoms with Gasteiger partial charge in [0.2, 0.25) is 6.79 Å². The van der Waals surface area contributed by atoms with E-state index in [0.29, 0.717) is 22.9 Å². The van der Waals surface area contributed by atoms with Crippen molar-refractivity contribution in [2.75, 3.05) is 17.8 Å². The number of hydrogen-bond donors (Lipinski definition) is 2. The number of carbonyl (C=O) groups is 1. The Morgan fingerprint density at radius 1 is 1.09 bits per heavy atom. The lowest BCUT2D eigenvalue weighted by Crippen LogP contribution is -2.11. The minimum atomic E-state index is -0.117. The Bertz CT molecular complexity index is 746. The van der Waals surface area contributed by atoms with Gasteiger partial charge in [0.25, 0.3) is 5.91 Å². The molecule has 120 valence electrons. The van der Waals surface area contributed by atoms with Crippen molar-refractivity contribution >= 4 is 28.6 Å². The van der Waals surface area contributed by atoms with Gasteiger partial charge in [0.1, 0.15) is 0 Å². The van der Waals surface area contributed by atoms with Gasteiger partial charge in [0.15, 0.2) is 11.5 Å². The average molecular weight is 330 g/mol. The fourth-order valence-corrected chi connectivity index (χ4v) is 4.18. The van der Waals surface area contributed by atoms with Gasteiger partial charge >= 0.3 is 0 Å². The van der Waals surface area contributed by atoms with Crippen LogP contribution in [0.15, 0.2) is 18.2 Å². The molecule has 0 saturated heterocycles. The number of anilines is 2. The lowest BCUT2D eigenvalue weighted by atomic mass is 10.1. The first kappa shape index (κ1) is 14.4.